The van der Waals surface area contributed by atoms with Gasteiger partial charge in [-0.2, -0.15) is 0 Å². The maximum Gasteiger partial charge on any atom is 0.104 e. The number of benzene rings is 1. The number of aromatic nitrogens is 3. The van der Waals surface area contributed by atoms with Gasteiger partial charge in [0, 0.05) is 19.2 Å². The number of hydrogen-bond donors (Lipinski definition) is 1. The van der Waals surface area contributed by atoms with Crippen LogP contribution >= 0.6 is 0 Å². The van der Waals surface area contributed by atoms with E-state index in [0.29, 0.717) is 6.54 Å². The van der Waals surface area contributed by atoms with Gasteiger partial charge in [-0.05, 0) is 6.92 Å². The summed E-state index contributed by atoms with van der Waals surface area (Å²) in [5.41, 5.74) is 9.79. The Bertz CT molecular complexity index is 456. The van der Waals surface area contributed by atoms with Crippen LogP contribution in [-0.4, -0.2) is 15.0 Å². The molecule has 4 nitrogen and oxygen atoms in total. The molecule has 15 heavy (non-hydrogen) atoms. The molecule has 0 bridgehead atoms. The van der Waals surface area contributed by atoms with Crippen LogP contribution in [0.3, 0.4) is 0 Å². The molecule has 0 spiro atoms. The second kappa shape index (κ2) is 3.82. The fourth-order valence-electron chi connectivity index (χ4n) is 1.60. The minimum Gasteiger partial charge on any atom is -0.325 e. The van der Waals surface area contributed by atoms with Crippen LogP contribution in [0, 0.1) is 6.92 Å². The van der Waals surface area contributed by atoms with Crippen molar-refractivity contribution in [3.63, 3.8) is 0 Å². The van der Waals surface area contributed by atoms with Crippen LogP contribution in [0.4, 0.5) is 0 Å². The van der Waals surface area contributed by atoms with Crippen LogP contribution < -0.4 is 5.73 Å². The molecule has 0 amide bonds. The van der Waals surface area contributed by atoms with E-state index in [4.69, 9.17) is 5.73 Å². The van der Waals surface area contributed by atoms with Crippen molar-refractivity contribution in [2.45, 2.75) is 13.5 Å². The highest BCUT2D eigenvalue weighted by Crippen LogP contribution is 2.21. The third-order valence-electron chi connectivity index (χ3n) is 2.41. The summed E-state index contributed by atoms with van der Waals surface area (Å²) in [6.07, 6.45) is 0. The molecule has 78 valence electrons. The maximum atomic E-state index is 5.62. The van der Waals surface area contributed by atoms with Crippen LogP contribution in [0.2, 0.25) is 0 Å². The summed E-state index contributed by atoms with van der Waals surface area (Å²) in [4.78, 5) is 0. The molecule has 4 heteroatoms. The van der Waals surface area contributed by atoms with E-state index in [2.05, 4.69) is 41.5 Å². The van der Waals surface area contributed by atoms with E-state index in [1.165, 1.54) is 5.56 Å². The van der Waals surface area contributed by atoms with E-state index in [1.807, 2.05) is 7.05 Å². The van der Waals surface area contributed by atoms with E-state index >= 15 is 0 Å². The highest BCUT2D eigenvalue weighted by molar-refractivity contribution is 5.62. The van der Waals surface area contributed by atoms with Crippen molar-refractivity contribution in [2.24, 2.45) is 12.8 Å². The van der Waals surface area contributed by atoms with Crippen molar-refractivity contribution in [2.75, 3.05) is 0 Å². The van der Waals surface area contributed by atoms with Gasteiger partial charge in [-0.1, -0.05) is 35.0 Å². The van der Waals surface area contributed by atoms with Gasteiger partial charge in [0.25, 0.3) is 0 Å². The van der Waals surface area contributed by atoms with Gasteiger partial charge in [0.2, 0.25) is 0 Å². The van der Waals surface area contributed by atoms with Gasteiger partial charge in [0.05, 0.1) is 5.69 Å². The molecular formula is C11H14N4. The minimum atomic E-state index is 0.414. The molecule has 0 saturated heterocycles. The predicted octanol–water partition coefficient (Wildman–Crippen LogP) is 1.25. The Balaban J connectivity index is 2.52. The Morgan fingerprint density at radius 1 is 1.27 bits per heavy atom. The first-order chi connectivity index (χ1) is 7.22. The van der Waals surface area contributed by atoms with E-state index in [0.717, 1.165) is 17.0 Å². The number of aryl methyl sites for hydroxylation is 2. The molecule has 1 heterocycles. The zero-order valence-corrected chi connectivity index (χ0v) is 8.94. The SMILES string of the molecule is Cc1ccc(-c2c(CN)nnn2C)cc1. The monoisotopic (exact) mass is 202 g/mol. The zero-order chi connectivity index (χ0) is 10.8. The second-order valence-electron chi connectivity index (χ2n) is 3.58. The van der Waals surface area contributed by atoms with Crippen LogP contribution in [-0.2, 0) is 13.6 Å². The Hall–Kier alpha value is -1.68. The van der Waals surface area contributed by atoms with E-state index in [-0.39, 0.29) is 0 Å². The average Bonchev–Trinajstić information content (AvgIpc) is 2.61. The largest absolute Gasteiger partial charge is 0.325 e. The fourth-order valence-corrected chi connectivity index (χ4v) is 1.60. The Labute approximate surface area is 88.7 Å². The topological polar surface area (TPSA) is 56.7 Å². The summed E-state index contributed by atoms with van der Waals surface area (Å²) >= 11 is 0. The van der Waals surface area contributed by atoms with Gasteiger partial charge >= 0.3 is 0 Å². The average molecular weight is 202 g/mol. The molecule has 0 aliphatic carbocycles. The smallest absolute Gasteiger partial charge is 0.104 e. The molecular weight excluding hydrogens is 188 g/mol. The van der Waals surface area contributed by atoms with Crippen molar-refractivity contribution >= 4 is 0 Å². The summed E-state index contributed by atoms with van der Waals surface area (Å²) < 4.78 is 1.76. The molecule has 1 aromatic carbocycles. The number of nitrogens with zero attached hydrogens (tertiary/aromatic N) is 3. The lowest BCUT2D eigenvalue weighted by Gasteiger charge is -2.03. The van der Waals surface area contributed by atoms with Gasteiger partial charge < -0.3 is 5.73 Å². The third kappa shape index (κ3) is 1.76. The van der Waals surface area contributed by atoms with E-state index < -0.39 is 0 Å². The summed E-state index contributed by atoms with van der Waals surface area (Å²) in [6.45, 7) is 2.48. The standard InChI is InChI=1S/C11H14N4/c1-8-3-5-9(6-4-8)11-10(7-12)13-14-15(11)2/h3-6H,7,12H2,1-2H3. The van der Waals surface area contributed by atoms with E-state index in [9.17, 15) is 0 Å². The van der Waals surface area contributed by atoms with Crippen molar-refractivity contribution < 1.29 is 0 Å². The molecule has 0 saturated carbocycles. The molecule has 0 aliphatic heterocycles. The summed E-state index contributed by atoms with van der Waals surface area (Å²) in [5, 5.41) is 7.99. The van der Waals surface area contributed by atoms with Crippen molar-refractivity contribution in [3.05, 3.63) is 35.5 Å². The molecule has 2 rings (SSSR count). The molecule has 0 aliphatic rings. The number of nitrogens with two attached hydrogens (primary N) is 1. The molecule has 0 radical (unpaired) electrons. The Morgan fingerprint density at radius 3 is 2.53 bits per heavy atom. The molecule has 0 unspecified atom stereocenters. The maximum absolute atomic E-state index is 5.62. The minimum absolute atomic E-state index is 0.414. The van der Waals surface area contributed by atoms with Crippen LogP contribution in [0.15, 0.2) is 24.3 Å². The van der Waals surface area contributed by atoms with Crippen molar-refractivity contribution in [1.82, 2.24) is 15.0 Å². The highest BCUT2D eigenvalue weighted by atomic mass is 15.4. The first kappa shape index (κ1) is 9.86. The summed E-state index contributed by atoms with van der Waals surface area (Å²) in [5.74, 6) is 0. The lowest BCUT2D eigenvalue weighted by molar-refractivity contribution is 0.718. The third-order valence-corrected chi connectivity index (χ3v) is 2.41. The molecule has 0 fully saturated rings. The second-order valence-corrected chi connectivity index (χ2v) is 3.58. The van der Waals surface area contributed by atoms with Crippen molar-refractivity contribution in [3.8, 4) is 11.3 Å². The lowest BCUT2D eigenvalue weighted by Crippen LogP contribution is -2.00. The summed E-state index contributed by atoms with van der Waals surface area (Å²) in [7, 11) is 1.88. The van der Waals surface area contributed by atoms with Gasteiger partial charge in [0.15, 0.2) is 0 Å². The first-order valence-electron chi connectivity index (χ1n) is 4.88. The fraction of sp³-hybridized carbons (Fsp3) is 0.273. The van der Waals surface area contributed by atoms with Crippen LogP contribution in [0.5, 0.6) is 0 Å². The summed E-state index contributed by atoms with van der Waals surface area (Å²) in [6, 6.07) is 8.27. The van der Waals surface area contributed by atoms with Crippen LogP contribution in [0.25, 0.3) is 11.3 Å². The Kier molecular flexibility index (Phi) is 2.51. The van der Waals surface area contributed by atoms with E-state index in [1.54, 1.807) is 4.68 Å². The zero-order valence-electron chi connectivity index (χ0n) is 8.94. The van der Waals surface area contributed by atoms with Gasteiger partial charge in [-0.3, -0.25) is 0 Å². The number of rotatable bonds is 2. The normalized spacial score (nSPS) is 10.6. The van der Waals surface area contributed by atoms with Gasteiger partial charge in [-0.25, -0.2) is 4.68 Å². The number of hydrogen-bond acceptors (Lipinski definition) is 3. The van der Waals surface area contributed by atoms with Crippen molar-refractivity contribution in [1.29, 1.82) is 0 Å². The van der Waals surface area contributed by atoms with Gasteiger partial charge in [0.1, 0.15) is 5.69 Å². The van der Waals surface area contributed by atoms with Gasteiger partial charge in [-0.15, -0.1) is 5.10 Å². The van der Waals surface area contributed by atoms with Crippen LogP contribution in [0.1, 0.15) is 11.3 Å². The lowest BCUT2D eigenvalue weighted by atomic mass is 10.1. The molecule has 1 aromatic heterocycles. The first-order valence-corrected chi connectivity index (χ1v) is 4.88. The molecule has 0 atom stereocenters. The molecule has 2 aromatic rings. The molecule has 2 N–H and O–H groups in total. The quantitative estimate of drug-likeness (QED) is 0.797. The highest BCUT2D eigenvalue weighted by Gasteiger charge is 2.10. The predicted molar refractivity (Wildman–Crippen MR) is 59.1 cm³/mol. The Morgan fingerprint density at radius 2 is 1.93 bits per heavy atom.